The highest BCUT2D eigenvalue weighted by atomic mass is 32.2. The molecule has 1 aromatic heterocycles. The molecule has 0 fully saturated rings. The van der Waals surface area contributed by atoms with Crippen molar-refractivity contribution >= 4 is 9.84 Å². The van der Waals surface area contributed by atoms with Crippen LogP contribution in [-0.2, 0) is 16.4 Å². The van der Waals surface area contributed by atoms with Crippen LogP contribution in [0.25, 0.3) is 0 Å². The van der Waals surface area contributed by atoms with E-state index < -0.39 is 9.84 Å². The van der Waals surface area contributed by atoms with Crippen molar-refractivity contribution in [2.24, 2.45) is 0 Å². The van der Waals surface area contributed by atoms with Crippen molar-refractivity contribution in [2.45, 2.75) is 27.3 Å². The van der Waals surface area contributed by atoms with Gasteiger partial charge in [0, 0.05) is 5.75 Å². The van der Waals surface area contributed by atoms with Gasteiger partial charge in [0.2, 0.25) is 0 Å². The summed E-state index contributed by atoms with van der Waals surface area (Å²) in [5.41, 5.74) is 1.14. The van der Waals surface area contributed by atoms with Gasteiger partial charge in [-0.05, 0) is 13.8 Å². The van der Waals surface area contributed by atoms with E-state index in [0.717, 1.165) is 0 Å². The van der Waals surface area contributed by atoms with Gasteiger partial charge in [-0.1, -0.05) is 6.92 Å². The topological polar surface area (TPSA) is 72.2 Å². The van der Waals surface area contributed by atoms with E-state index >= 15 is 0 Å². The smallest absolute Gasteiger partial charge is 0.159 e. The van der Waals surface area contributed by atoms with Crippen molar-refractivity contribution in [1.29, 1.82) is 0 Å². The Hall–Kier alpha value is -1.04. The Labute approximate surface area is 89.6 Å². The minimum atomic E-state index is -2.98. The molecule has 0 aliphatic heterocycles. The third kappa shape index (κ3) is 2.71. The minimum absolute atomic E-state index is 0.0604. The first kappa shape index (κ1) is 12.0. The van der Waals surface area contributed by atoms with Gasteiger partial charge >= 0.3 is 0 Å². The van der Waals surface area contributed by atoms with Gasteiger partial charge < -0.3 is 5.11 Å². The monoisotopic (exact) mass is 232 g/mol. The first-order chi connectivity index (χ1) is 6.87. The third-order valence-corrected chi connectivity index (χ3v) is 4.08. The first-order valence-corrected chi connectivity index (χ1v) is 6.63. The molecule has 0 atom stereocenters. The maximum absolute atomic E-state index is 11.3. The van der Waals surface area contributed by atoms with Crippen LogP contribution in [0.2, 0.25) is 0 Å². The van der Waals surface area contributed by atoms with Crippen LogP contribution in [0.3, 0.4) is 0 Å². The molecule has 1 N–H and O–H groups in total. The van der Waals surface area contributed by atoms with E-state index in [1.165, 1.54) is 4.68 Å². The minimum Gasteiger partial charge on any atom is -0.504 e. The van der Waals surface area contributed by atoms with Crippen molar-refractivity contribution in [1.82, 2.24) is 9.78 Å². The standard InChI is InChI=1S/C9H16N2O3S/c1-4-15(13,14)6-5-11-8(3)9(12)7(2)10-11/h12H,4-6H2,1-3H3. The summed E-state index contributed by atoms with van der Waals surface area (Å²) in [7, 11) is -2.98. The Morgan fingerprint density at radius 2 is 2.00 bits per heavy atom. The first-order valence-electron chi connectivity index (χ1n) is 4.80. The number of hydrogen-bond acceptors (Lipinski definition) is 4. The van der Waals surface area contributed by atoms with Crippen molar-refractivity contribution in [3.8, 4) is 5.75 Å². The lowest BCUT2D eigenvalue weighted by Gasteiger charge is -2.03. The zero-order valence-electron chi connectivity index (χ0n) is 9.19. The van der Waals surface area contributed by atoms with E-state index in [1.54, 1.807) is 20.8 Å². The van der Waals surface area contributed by atoms with Gasteiger partial charge in [-0.2, -0.15) is 5.10 Å². The summed E-state index contributed by atoms with van der Waals surface area (Å²) in [5.74, 6) is 0.340. The summed E-state index contributed by atoms with van der Waals surface area (Å²) in [6.07, 6.45) is 0. The lowest BCUT2D eigenvalue weighted by molar-refractivity contribution is 0.464. The molecule has 6 heteroatoms. The molecule has 1 aromatic rings. The van der Waals surface area contributed by atoms with Crippen molar-refractivity contribution in [3.05, 3.63) is 11.4 Å². The van der Waals surface area contributed by atoms with E-state index in [-0.39, 0.29) is 17.3 Å². The number of sulfone groups is 1. The second kappa shape index (κ2) is 4.22. The van der Waals surface area contributed by atoms with Gasteiger partial charge in [0.05, 0.1) is 18.0 Å². The normalized spacial score (nSPS) is 11.9. The van der Waals surface area contributed by atoms with E-state index in [2.05, 4.69) is 5.10 Å². The summed E-state index contributed by atoms with van der Waals surface area (Å²) in [6.45, 7) is 5.32. The molecule has 0 saturated carbocycles. The Kier molecular flexibility index (Phi) is 3.38. The summed E-state index contributed by atoms with van der Waals surface area (Å²) >= 11 is 0. The van der Waals surface area contributed by atoms with Crippen LogP contribution in [0, 0.1) is 13.8 Å². The number of aromatic hydroxyl groups is 1. The van der Waals surface area contributed by atoms with Crippen LogP contribution in [0.1, 0.15) is 18.3 Å². The maximum atomic E-state index is 11.3. The van der Waals surface area contributed by atoms with Gasteiger partial charge in [-0.3, -0.25) is 4.68 Å². The van der Waals surface area contributed by atoms with Gasteiger partial charge in [0.15, 0.2) is 15.6 Å². The second-order valence-electron chi connectivity index (χ2n) is 3.48. The van der Waals surface area contributed by atoms with Crippen molar-refractivity contribution in [2.75, 3.05) is 11.5 Å². The molecule has 0 radical (unpaired) electrons. The highest BCUT2D eigenvalue weighted by Gasteiger charge is 2.13. The number of nitrogens with zero attached hydrogens (tertiary/aromatic N) is 2. The fraction of sp³-hybridized carbons (Fsp3) is 0.667. The van der Waals surface area contributed by atoms with Crippen LogP contribution in [0.4, 0.5) is 0 Å². The summed E-state index contributed by atoms with van der Waals surface area (Å²) in [4.78, 5) is 0. The Bertz CT molecular complexity index is 448. The van der Waals surface area contributed by atoms with Gasteiger partial charge in [0.25, 0.3) is 0 Å². The van der Waals surface area contributed by atoms with E-state index in [1.807, 2.05) is 0 Å². The number of aromatic nitrogens is 2. The molecule has 0 saturated heterocycles. The van der Waals surface area contributed by atoms with Crippen LogP contribution in [-0.4, -0.2) is 34.8 Å². The van der Waals surface area contributed by atoms with E-state index in [9.17, 15) is 13.5 Å². The molecule has 1 rings (SSSR count). The molecular formula is C9H16N2O3S. The van der Waals surface area contributed by atoms with Crippen molar-refractivity contribution < 1.29 is 13.5 Å². The summed E-state index contributed by atoms with van der Waals surface area (Å²) in [6, 6.07) is 0. The Morgan fingerprint density at radius 1 is 1.40 bits per heavy atom. The van der Waals surface area contributed by atoms with Crippen LogP contribution in [0.5, 0.6) is 5.75 Å². The molecule has 0 unspecified atom stereocenters. The highest BCUT2D eigenvalue weighted by molar-refractivity contribution is 7.91. The molecule has 0 amide bonds. The zero-order valence-corrected chi connectivity index (χ0v) is 10.0. The molecule has 15 heavy (non-hydrogen) atoms. The second-order valence-corrected chi connectivity index (χ2v) is 5.95. The fourth-order valence-corrected chi connectivity index (χ4v) is 2.01. The molecule has 0 spiro atoms. The number of aryl methyl sites for hydroxylation is 2. The van der Waals surface area contributed by atoms with Gasteiger partial charge in [-0.25, -0.2) is 8.42 Å². The van der Waals surface area contributed by atoms with Crippen LogP contribution < -0.4 is 0 Å². The molecule has 5 nitrogen and oxygen atoms in total. The lowest BCUT2D eigenvalue weighted by atomic mass is 10.3. The van der Waals surface area contributed by atoms with Crippen LogP contribution in [0.15, 0.2) is 0 Å². The molecule has 0 aliphatic rings. The number of rotatable bonds is 4. The maximum Gasteiger partial charge on any atom is 0.159 e. The average Bonchev–Trinajstić information content (AvgIpc) is 2.43. The Balaban J connectivity index is 2.79. The third-order valence-electron chi connectivity index (χ3n) is 2.40. The van der Waals surface area contributed by atoms with Crippen molar-refractivity contribution in [3.63, 3.8) is 0 Å². The predicted octanol–water partition coefficient (Wildman–Crippen LogP) is 0.640. The van der Waals surface area contributed by atoms with Gasteiger partial charge in [0.1, 0.15) is 5.69 Å². The summed E-state index contributed by atoms with van der Waals surface area (Å²) < 4.78 is 24.1. The lowest BCUT2D eigenvalue weighted by Crippen LogP contribution is -2.16. The molecule has 0 bridgehead atoms. The SMILES string of the molecule is CCS(=O)(=O)CCn1nc(C)c(O)c1C. The molecule has 0 aromatic carbocycles. The highest BCUT2D eigenvalue weighted by Crippen LogP contribution is 2.19. The molecular weight excluding hydrogens is 216 g/mol. The predicted molar refractivity (Wildman–Crippen MR) is 57.7 cm³/mol. The molecule has 0 aliphatic carbocycles. The average molecular weight is 232 g/mol. The molecule has 1 heterocycles. The van der Waals surface area contributed by atoms with E-state index in [4.69, 9.17) is 0 Å². The fourth-order valence-electron chi connectivity index (χ4n) is 1.28. The molecule has 86 valence electrons. The van der Waals surface area contributed by atoms with E-state index in [0.29, 0.717) is 17.9 Å². The van der Waals surface area contributed by atoms with Crippen LogP contribution >= 0.6 is 0 Å². The van der Waals surface area contributed by atoms with Gasteiger partial charge in [-0.15, -0.1) is 0 Å². The largest absolute Gasteiger partial charge is 0.504 e. The number of hydrogen-bond donors (Lipinski definition) is 1. The zero-order chi connectivity index (χ0) is 11.6. The summed E-state index contributed by atoms with van der Waals surface area (Å²) in [5, 5.41) is 13.5. The Morgan fingerprint density at radius 3 is 2.40 bits per heavy atom. The quantitative estimate of drug-likeness (QED) is 0.827.